The Labute approximate surface area is 156 Å². The van der Waals surface area contributed by atoms with Gasteiger partial charge < -0.3 is 15.1 Å². The normalized spacial score (nSPS) is 23.4. The van der Waals surface area contributed by atoms with Crippen molar-refractivity contribution in [1.29, 1.82) is 0 Å². The van der Waals surface area contributed by atoms with E-state index in [1.54, 1.807) is 6.26 Å². The number of carbonyl (C=O) groups excluding carboxylic acids is 1. The average Bonchev–Trinajstić information content (AvgIpc) is 3.27. The number of thioether (sulfide) groups is 1. The Morgan fingerprint density at radius 1 is 1.40 bits per heavy atom. The number of anilines is 1. The van der Waals surface area contributed by atoms with Crippen LogP contribution in [0.2, 0.25) is 0 Å². The topological polar surface area (TPSA) is 80.0 Å². The van der Waals surface area contributed by atoms with Gasteiger partial charge in [-0.3, -0.25) is 4.79 Å². The molecule has 1 amide bonds. The first kappa shape index (κ1) is 18.3. The van der Waals surface area contributed by atoms with Crippen LogP contribution in [0.25, 0.3) is 0 Å². The fourth-order valence-corrected chi connectivity index (χ4v) is 4.64. The highest BCUT2D eigenvalue weighted by molar-refractivity contribution is 8.01. The lowest BCUT2D eigenvalue weighted by molar-refractivity contribution is -0.119. The summed E-state index contributed by atoms with van der Waals surface area (Å²) < 4.78 is 6.06. The molecule has 6 nitrogen and oxygen atoms in total. The van der Waals surface area contributed by atoms with Crippen LogP contribution in [0, 0.1) is 11.8 Å². The molecule has 0 unspecified atom stereocenters. The van der Waals surface area contributed by atoms with Gasteiger partial charge in [-0.2, -0.15) is 0 Å². The maximum absolute atomic E-state index is 12.2. The average molecular weight is 381 g/mol. The number of carbonyl (C=O) groups is 1. The first-order valence-electron chi connectivity index (χ1n) is 8.63. The number of aromatic nitrogens is 2. The molecule has 0 radical (unpaired) electrons. The minimum absolute atomic E-state index is 0.0799. The van der Waals surface area contributed by atoms with E-state index in [0.717, 1.165) is 21.7 Å². The minimum Gasteiger partial charge on any atom is -0.467 e. The van der Waals surface area contributed by atoms with Crippen LogP contribution in [-0.2, 0) is 11.3 Å². The summed E-state index contributed by atoms with van der Waals surface area (Å²) in [4.78, 5) is 12.2. The zero-order valence-electron chi connectivity index (χ0n) is 14.5. The number of furan rings is 1. The highest BCUT2D eigenvalue weighted by atomic mass is 32.2. The van der Waals surface area contributed by atoms with E-state index in [-0.39, 0.29) is 5.91 Å². The van der Waals surface area contributed by atoms with Gasteiger partial charge >= 0.3 is 0 Å². The van der Waals surface area contributed by atoms with Crippen molar-refractivity contribution >= 4 is 34.1 Å². The predicted octanol–water partition coefficient (Wildman–Crippen LogP) is 3.78. The van der Waals surface area contributed by atoms with E-state index < -0.39 is 0 Å². The van der Waals surface area contributed by atoms with Gasteiger partial charge in [0.25, 0.3) is 0 Å². The molecule has 0 bridgehead atoms. The van der Waals surface area contributed by atoms with Crippen LogP contribution in [0.1, 0.15) is 38.9 Å². The van der Waals surface area contributed by atoms with E-state index >= 15 is 0 Å². The molecule has 3 rings (SSSR count). The summed E-state index contributed by atoms with van der Waals surface area (Å²) in [6.45, 7) is 5.09. The van der Waals surface area contributed by atoms with Gasteiger partial charge in [0.2, 0.25) is 11.0 Å². The maximum Gasteiger partial charge on any atom is 0.230 e. The summed E-state index contributed by atoms with van der Waals surface area (Å²) in [5, 5.41) is 15.3. The molecule has 0 aromatic carbocycles. The fraction of sp³-hybridized carbons (Fsp3) is 0.588. The SMILES string of the molecule is C[C@H]1[C@@H](NC(=O)CSc2nnc(NCc3ccco3)s2)CCC[C@@H]1C. The molecule has 2 aromatic rings. The Kier molecular flexibility index (Phi) is 6.36. The minimum atomic E-state index is 0.0799. The monoisotopic (exact) mass is 380 g/mol. The molecule has 2 aromatic heterocycles. The zero-order valence-corrected chi connectivity index (χ0v) is 16.2. The summed E-state index contributed by atoms with van der Waals surface area (Å²) in [7, 11) is 0. The lowest BCUT2D eigenvalue weighted by Gasteiger charge is -2.34. The molecule has 0 aliphatic heterocycles. The van der Waals surface area contributed by atoms with Crippen molar-refractivity contribution in [2.75, 3.05) is 11.1 Å². The van der Waals surface area contributed by atoms with Crippen molar-refractivity contribution in [3.63, 3.8) is 0 Å². The third-order valence-corrected chi connectivity index (χ3v) is 6.79. The molecule has 1 aliphatic carbocycles. The smallest absolute Gasteiger partial charge is 0.230 e. The predicted molar refractivity (Wildman–Crippen MR) is 101 cm³/mol. The Hall–Kier alpha value is -1.54. The largest absolute Gasteiger partial charge is 0.467 e. The second kappa shape index (κ2) is 8.71. The molecular weight excluding hydrogens is 356 g/mol. The first-order valence-corrected chi connectivity index (χ1v) is 10.4. The van der Waals surface area contributed by atoms with Crippen LogP contribution in [0.15, 0.2) is 27.2 Å². The molecule has 1 saturated carbocycles. The van der Waals surface area contributed by atoms with Crippen molar-refractivity contribution in [1.82, 2.24) is 15.5 Å². The van der Waals surface area contributed by atoms with Gasteiger partial charge in [0.15, 0.2) is 4.34 Å². The zero-order chi connectivity index (χ0) is 17.6. The molecule has 1 fully saturated rings. The van der Waals surface area contributed by atoms with Crippen LogP contribution < -0.4 is 10.6 Å². The Morgan fingerprint density at radius 2 is 2.28 bits per heavy atom. The molecule has 0 saturated heterocycles. The van der Waals surface area contributed by atoms with E-state index in [9.17, 15) is 4.79 Å². The van der Waals surface area contributed by atoms with Gasteiger partial charge in [0, 0.05) is 6.04 Å². The summed E-state index contributed by atoms with van der Waals surface area (Å²) in [5.41, 5.74) is 0. The second-order valence-corrected chi connectivity index (χ2v) is 8.74. The van der Waals surface area contributed by atoms with Crippen molar-refractivity contribution in [2.24, 2.45) is 11.8 Å². The number of nitrogens with zero attached hydrogens (tertiary/aromatic N) is 2. The number of nitrogens with one attached hydrogen (secondary N) is 2. The van der Waals surface area contributed by atoms with Crippen molar-refractivity contribution in [3.8, 4) is 0 Å². The van der Waals surface area contributed by atoms with E-state index in [4.69, 9.17) is 4.42 Å². The number of hydrogen-bond donors (Lipinski definition) is 2. The Balaban J connectivity index is 1.41. The fourth-order valence-electron chi connectivity index (χ4n) is 3.08. The molecule has 2 N–H and O–H groups in total. The molecule has 3 atom stereocenters. The molecule has 136 valence electrons. The van der Waals surface area contributed by atoms with Crippen LogP contribution in [0.3, 0.4) is 0 Å². The second-order valence-electron chi connectivity index (χ2n) is 6.54. The van der Waals surface area contributed by atoms with Gasteiger partial charge in [-0.05, 0) is 30.4 Å². The lowest BCUT2D eigenvalue weighted by Crippen LogP contribution is -2.44. The highest BCUT2D eigenvalue weighted by Gasteiger charge is 2.28. The molecule has 2 heterocycles. The number of rotatable bonds is 7. The lowest BCUT2D eigenvalue weighted by atomic mass is 9.78. The van der Waals surface area contributed by atoms with Crippen LogP contribution in [0.4, 0.5) is 5.13 Å². The van der Waals surface area contributed by atoms with Crippen LogP contribution >= 0.6 is 23.1 Å². The molecule has 25 heavy (non-hydrogen) atoms. The summed E-state index contributed by atoms with van der Waals surface area (Å²) in [5.74, 6) is 2.53. The summed E-state index contributed by atoms with van der Waals surface area (Å²) in [6.07, 6.45) is 5.19. The third kappa shape index (κ3) is 5.22. The van der Waals surface area contributed by atoms with Crippen LogP contribution in [-0.4, -0.2) is 27.9 Å². The van der Waals surface area contributed by atoms with E-state index in [0.29, 0.717) is 30.2 Å². The van der Waals surface area contributed by atoms with E-state index in [1.165, 1.54) is 35.9 Å². The van der Waals surface area contributed by atoms with Gasteiger partial charge in [-0.25, -0.2) is 0 Å². The van der Waals surface area contributed by atoms with Crippen molar-refractivity contribution in [3.05, 3.63) is 24.2 Å². The van der Waals surface area contributed by atoms with Gasteiger partial charge in [-0.1, -0.05) is 49.8 Å². The number of hydrogen-bond acceptors (Lipinski definition) is 7. The van der Waals surface area contributed by atoms with Gasteiger partial charge in [0.05, 0.1) is 18.6 Å². The summed E-state index contributed by atoms with van der Waals surface area (Å²) >= 11 is 2.88. The van der Waals surface area contributed by atoms with Crippen molar-refractivity contribution in [2.45, 2.75) is 50.0 Å². The Morgan fingerprint density at radius 3 is 3.08 bits per heavy atom. The quantitative estimate of drug-likeness (QED) is 0.712. The standard InChI is InChI=1S/C17H24N4O2S2/c1-11-5-3-7-14(12(11)2)19-15(22)10-24-17-21-20-16(25-17)18-9-13-6-4-8-23-13/h4,6,8,11-12,14H,3,5,7,9-10H2,1-2H3,(H,18,20)(H,19,22)/t11-,12+,14-/m0/s1. The summed E-state index contributed by atoms with van der Waals surface area (Å²) in [6, 6.07) is 4.06. The third-order valence-electron chi connectivity index (χ3n) is 4.78. The highest BCUT2D eigenvalue weighted by Crippen LogP contribution is 2.30. The van der Waals surface area contributed by atoms with Gasteiger partial charge in [-0.15, -0.1) is 10.2 Å². The van der Waals surface area contributed by atoms with E-state index in [1.807, 2.05) is 12.1 Å². The molecule has 8 heteroatoms. The Bertz CT molecular complexity index is 674. The first-order chi connectivity index (χ1) is 12.1. The van der Waals surface area contributed by atoms with Crippen LogP contribution in [0.5, 0.6) is 0 Å². The van der Waals surface area contributed by atoms with Gasteiger partial charge in [0.1, 0.15) is 5.76 Å². The maximum atomic E-state index is 12.2. The van der Waals surface area contributed by atoms with E-state index in [2.05, 4.69) is 34.7 Å². The molecule has 0 spiro atoms. The number of amides is 1. The molecule has 1 aliphatic rings. The van der Waals surface area contributed by atoms with Crippen molar-refractivity contribution < 1.29 is 9.21 Å². The molecular formula is C17H24N4O2S2.